The number of amides is 2. The number of imide groups is 1. The zero-order chi connectivity index (χ0) is 14.8. The van der Waals surface area contributed by atoms with Gasteiger partial charge in [0, 0.05) is 6.42 Å². The van der Waals surface area contributed by atoms with E-state index in [1.54, 1.807) is 24.3 Å². The standard InChI is InChI=1S/C13H11N5O2S/c14-12-15-7-16-13(17-12)21-9-6-10(19)18(11(9)20)8-4-2-1-3-5-8/h1-5,7,9H,6H2,(H2,14,15,16,17). The third kappa shape index (κ3) is 2.70. The molecule has 0 bridgehead atoms. The molecule has 1 aliphatic rings. The van der Waals surface area contributed by atoms with Crippen molar-refractivity contribution in [1.29, 1.82) is 0 Å². The van der Waals surface area contributed by atoms with Gasteiger partial charge >= 0.3 is 0 Å². The van der Waals surface area contributed by atoms with E-state index in [1.807, 2.05) is 6.07 Å². The number of thioether (sulfide) groups is 1. The smallest absolute Gasteiger partial charge is 0.247 e. The van der Waals surface area contributed by atoms with Gasteiger partial charge in [-0.3, -0.25) is 9.59 Å². The molecule has 1 saturated heterocycles. The summed E-state index contributed by atoms with van der Waals surface area (Å²) in [5.41, 5.74) is 6.05. The number of nitrogen functional groups attached to an aromatic ring is 1. The number of nitrogens with two attached hydrogens (primary N) is 1. The molecule has 0 saturated carbocycles. The van der Waals surface area contributed by atoms with Crippen LogP contribution in [0.2, 0.25) is 0 Å². The Kier molecular flexibility index (Phi) is 3.53. The van der Waals surface area contributed by atoms with Crippen LogP contribution in [0.5, 0.6) is 0 Å². The number of carbonyl (C=O) groups is 2. The zero-order valence-corrected chi connectivity index (χ0v) is 11.7. The molecule has 0 spiro atoms. The lowest BCUT2D eigenvalue weighted by Crippen LogP contribution is -2.31. The fourth-order valence-corrected chi connectivity index (χ4v) is 2.96. The second-order valence-electron chi connectivity index (χ2n) is 4.34. The molecule has 1 aliphatic heterocycles. The van der Waals surface area contributed by atoms with Crippen molar-refractivity contribution >= 4 is 35.2 Å². The molecule has 21 heavy (non-hydrogen) atoms. The summed E-state index contributed by atoms with van der Waals surface area (Å²) in [6.07, 6.45) is 1.39. The molecular formula is C13H11N5O2S. The average Bonchev–Trinajstić information content (AvgIpc) is 2.74. The van der Waals surface area contributed by atoms with Gasteiger partial charge in [0.25, 0.3) is 0 Å². The van der Waals surface area contributed by atoms with Crippen LogP contribution in [0.1, 0.15) is 6.42 Å². The number of carbonyl (C=O) groups excluding carboxylic acids is 2. The second-order valence-corrected chi connectivity index (χ2v) is 5.51. The summed E-state index contributed by atoms with van der Waals surface area (Å²) < 4.78 is 0. The lowest BCUT2D eigenvalue weighted by atomic mass is 10.3. The van der Waals surface area contributed by atoms with Gasteiger partial charge in [0.1, 0.15) is 11.6 Å². The Labute approximate surface area is 124 Å². The first-order valence-corrected chi connectivity index (χ1v) is 7.06. The SMILES string of the molecule is Nc1ncnc(SC2CC(=O)N(c3ccccc3)C2=O)n1. The summed E-state index contributed by atoms with van der Waals surface area (Å²) in [7, 11) is 0. The molecule has 7 nitrogen and oxygen atoms in total. The van der Waals surface area contributed by atoms with Crippen LogP contribution in [0.15, 0.2) is 41.8 Å². The van der Waals surface area contributed by atoms with Crippen LogP contribution in [0.3, 0.4) is 0 Å². The molecule has 106 valence electrons. The maximum Gasteiger partial charge on any atom is 0.247 e. The molecule has 1 aromatic carbocycles. The molecule has 1 fully saturated rings. The van der Waals surface area contributed by atoms with Crippen molar-refractivity contribution in [2.24, 2.45) is 0 Å². The number of hydrogen-bond acceptors (Lipinski definition) is 7. The summed E-state index contributed by atoms with van der Waals surface area (Å²) in [5, 5.41) is -0.205. The fourth-order valence-electron chi connectivity index (χ4n) is 2.02. The Morgan fingerprint density at radius 2 is 1.95 bits per heavy atom. The molecule has 0 aliphatic carbocycles. The number of rotatable bonds is 3. The average molecular weight is 301 g/mol. The van der Waals surface area contributed by atoms with E-state index in [0.29, 0.717) is 10.8 Å². The van der Waals surface area contributed by atoms with Crippen molar-refractivity contribution in [2.75, 3.05) is 10.6 Å². The van der Waals surface area contributed by atoms with Crippen LogP contribution < -0.4 is 10.6 Å². The lowest BCUT2D eigenvalue weighted by Gasteiger charge is -2.14. The maximum absolute atomic E-state index is 12.4. The Balaban J connectivity index is 1.81. The van der Waals surface area contributed by atoms with Gasteiger partial charge in [-0.2, -0.15) is 4.98 Å². The van der Waals surface area contributed by atoms with E-state index in [4.69, 9.17) is 5.73 Å². The van der Waals surface area contributed by atoms with E-state index >= 15 is 0 Å². The summed E-state index contributed by atoms with van der Waals surface area (Å²) in [4.78, 5) is 37.2. The minimum absolute atomic E-state index is 0.0872. The van der Waals surface area contributed by atoms with Crippen LogP contribution in [-0.4, -0.2) is 32.0 Å². The molecule has 2 aromatic rings. The lowest BCUT2D eigenvalue weighted by molar-refractivity contribution is -0.121. The van der Waals surface area contributed by atoms with Crippen molar-refractivity contribution in [2.45, 2.75) is 16.8 Å². The summed E-state index contributed by atoms with van der Waals surface area (Å²) >= 11 is 1.12. The first-order valence-electron chi connectivity index (χ1n) is 6.18. The topological polar surface area (TPSA) is 102 Å². The van der Waals surface area contributed by atoms with E-state index < -0.39 is 5.25 Å². The number of para-hydroxylation sites is 1. The zero-order valence-electron chi connectivity index (χ0n) is 10.8. The van der Waals surface area contributed by atoms with Gasteiger partial charge in [-0.05, 0) is 12.1 Å². The van der Waals surface area contributed by atoms with E-state index in [-0.39, 0.29) is 24.2 Å². The highest BCUT2D eigenvalue weighted by Gasteiger charge is 2.40. The van der Waals surface area contributed by atoms with Crippen LogP contribution in [0.4, 0.5) is 11.6 Å². The van der Waals surface area contributed by atoms with E-state index in [9.17, 15) is 9.59 Å². The van der Waals surface area contributed by atoms with E-state index in [1.165, 1.54) is 11.2 Å². The highest BCUT2D eigenvalue weighted by Crippen LogP contribution is 2.32. The van der Waals surface area contributed by atoms with E-state index in [2.05, 4.69) is 15.0 Å². The van der Waals surface area contributed by atoms with Gasteiger partial charge in [0.15, 0.2) is 5.16 Å². The van der Waals surface area contributed by atoms with Crippen molar-refractivity contribution in [3.8, 4) is 0 Å². The molecule has 8 heteroatoms. The van der Waals surface area contributed by atoms with Crippen molar-refractivity contribution in [3.05, 3.63) is 36.7 Å². The van der Waals surface area contributed by atoms with Crippen molar-refractivity contribution < 1.29 is 9.59 Å². The highest BCUT2D eigenvalue weighted by molar-refractivity contribution is 8.00. The van der Waals surface area contributed by atoms with Crippen LogP contribution in [-0.2, 0) is 9.59 Å². The van der Waals surface area contributed by atoms with E-state index in [0.717, 1.165) is 11.8 Å². The quantitative estimate of drug-likeness (QED) is 0.839. The van der Waals surface area contributed by atoms with Crippen molar-refractivity contribution in [3.63, 3.8) is 0 Å². The second kappa shape index (κ2) is 5.49. The fraction of sp³-hybridized carbons (Fsp3) is 0.154. The molecule has 1 unspecified atom stereocenters. The Hall–Kier alpha value is -2.48. The third-order valence-corrected chi connectivity index (χ3v) is 4.00. The third-order valence-electron chi connectivity index (χ3n) is 2.94. The first-order chi connectivity index (χ1) is 10.1. The minimum Gasteiger partial charge on any atom is -0.368 e. The molecule has 3 rings (SSSR count). The van der Waals surface area contributed by atoms with Gasteiger partial charge in [-0.1, -0.05) is 30.0 Å². The Bertz CT molecular complexity index is 694. The molecule has 2 heterocycles. The maximum atomic E-state index is 12.4. The predicted octanol–water partition coefficient (Wildman–Crippen LogP) is 0.878. The number of benzene rings is 1. The highest BCUT2D eigenvalue weighted by atomic mass is 32.2. The summed E-state index contributed by atoms with van der Waals surface area (Å²) in [6, 6.07) is 8.84. The number of nitrogens with zero attached hydrogens (tertiary/aromatic N) is 4. The summed E-state index contributed by atoms with van der Waals surface area (Å²) in [5.74, 6) is -0.412. The van der Waals surface area contributed by atoms with Crippen molar-refractivity contribution in [1.82, 2.24) is 15.0 Å². The molecule has 2 N–H and O–H groups in total. The van der Waals surface area contributed by atoms with Gasteiger partial charge in [0.05, 0.1) is 5.69 Å². The normalized spacial score (nSPS) is 18.3. The van der Waals surface area contributed by atoms with Gasteiger partial charge in [0.2, 0.25) is 17.8 Å². The van der Waals surface area contributed by atoms with Crippen LogP contribution >= 0.6 is 11.8 Å². The monoisotopic (exact) mass is 301 g/mol. The molecule has 0 radical (unpaired) electrons. The number of hydrogen-bond donors (Lipinski definition) is 1. The van der Waals surface area contributed by atoms with Gasteiger partial charge in [-0.15, -0.1) is 0 Å². The number of aromatic nitrogens is 3. The first kappa shape index (κ1) is 13.5. The van der Waals surface area contributed by atoms with Gasteiger partial charge < -0.3 is 5.73 Å². The minimum atomic E-state index is -0.542. The largest absolute Gasteiger partial charge is 0.368 e. The number of anilines is 2. The molecular weight excluding hydrogens is 290 g/mol. The molecule has 1 aromatic heterocycles. The van der Waals surface area contributed by atoms with Crippen LogP contribution in [0, 0.1) is 0 Å². The Morgan fingerprint density at radius 3 is 2.67 bits per heavy atom. The Morgan fingerprint density at radius 1 is 1.19 bits per heavy atom. The summed E-state index contributed by atoms with van der Waals surface area (Å²) in [6.45, 7) is 0. The predicted molar refractivity (Wildman–Crippen MR) is 77.4 cm³/mol. The molecule has 2 amide bonds. The van der Waals surface area contributed by atoms with Crippen LogP contribution in [0.25, 0.3) is 0 Å². The molecule has 1 atom stereocenters. The van der Waals surface area contributed by atoms with Gasteiger partial charge in [-0.25, -0.2) is 14.9 Å².